The first kappa shape index (κ1) is 18.9. The highest BCUT2D eigenvalue weighted by molar-refractivity contribution is 5.99. The molecule has 4 heteroatoms. The predicted octanol–water partition coefficient (Wildman–Crippen LogP) is 4.17. The van der Waals surface area contributed by atoms with Gasteiger partial charge in [-0.2, -0.15) is 0 Å². The highest BCUT2D eigenvalue weighted by atomic mass is 16.5. The molecular formula is C16H30O4. The average molecular weight is 286 g/mol. The molecule has 0 aliphatic rings. The number of esters is 1. The molecule has 0 aromatic heterocycles. The van der Waals surface area contributed by atoms with Gasteiger partial charge in [-0.3, -0.25) is 9.59 Å². The Bertz CT molecular complexity index is 288. The second-order valence-electron chi connectivity index (χ2n) is 5.33. The van der Waals surface area contributed by atoms with E-state index in [9.17, 15) is 14.7 Å². The summed E-state index contributed by atoms with van der Waals surface area (Å²) in [4.78, 5) is 23.4. The second-order valence-corrected chi connectivity index (χ2v) is 5.33. The zero-order chi connectivity index (χ0) is 15.4. The molecule has 118 valence electrons. The molecule has 0 rings (SSSR count). The lowest BCUT2D eigenvalue weighted by Gasteiger charge is -2.25. The smallest absolute Gasteiger partial charge is 0.323 e. The van der Waals surface area contributed by atoms with Crippen molar-refractivity contribution >= 4 is 11.9 Å². The third-order valence-corrected chi connectivity index (χ3v) is 3.89. The van der Waals surface area contributed by atoms with Gasteiger partial charge in [-0.1, -0.05) is 58.8 Å². The summed E-state index contributed by atoms with van der Waals surface area (Å²) >= 11 is 0. The highest BCUT2D eigenvalue weighted by Gasteiger charge is 2.45. The van der Waals surface area contributed by atoms with E-state index in [4.69, 9.17) is 4.74 Å². The van der Waals surface area contributed by atoms with Crippen LogP contribution in [0.5, 0.6) is 0 Å². The zero-order valence-corrected chi connectivity index (χ0v) is 13.2. The molecule has 0 aromatic rings. The number of ether oxygens (including phenoxy) is 1. The van der Waals surface area contributed by atoms with Crippen LogP contribution in [0.15, 0.2) is 0 Å². The number of hydrogen-bond acceptors (Lipinski definition) is 3. The van der Waals surface area contributed by atoms with Gasteiger partial charge in [-0.05, 0) is 19.8 Å². The van der Waals surface area contributed by atoms with Gasteiger partial charge in [0.05, 0.1) is 6.61 Å². The Morgan fingerprint density at radius 3 is 1.95 bits per heavy atom. The lowest BCUT2D eigenvalue weighted by atomic mass is 9.80. The Morgan fingerprint density at radius 1 is 0.950 bits per heavy atom. The predicted molar refractivity (Wildman–Crippen MR) is 79.6 cm³/mol. The minimum absolute atomic E-state index is 0.227. The number of carbonyl (C=O) groups excluding carboxylic acids is 1. The molecule has 0 fully saturated rings. The molecule has 0 aromatic carbocycles. The summed E-state index contributed by atoms with van der Waals surface area (Å²) in [5.74, 6) is -1.63. The third kappa shape index (κ3) is 5.93. The lowest BCUT2D eigenvalue weighted by molar-refractivity contribution is -0.169. The van der Waals surface area contributed by atoms with E-state index in [0.717, 1.165) is 19.3 Å². The van der Waals surface area contributed by atoms with E-state index < -0.39 is 17.4 Å². The van der Waals surface area contributed by atoms with Crippen LogP contribution in [-0.4, -0.2) is 23.7 Å². The molecule has 20 heavy (non-hydrogen) atoms. The number of rotatable bonds is 12. The number of hydrogen-bond donors (Lipinski definition) is 1. The number of unbranched alkanes of at least 4 members (excludes halogenated alkanes) is 6. The monoisotopic (exact) mass is 286 g/mol. The van der Waals surface area contributed by atoms with Gasteiger partial charge in [0.1, 0.15) is 0 Å². The van der Waals surface area contributed by atoms with Crippen LogP contribution in [0.3, 0.4) is 0 Å². The summed E-state index contributed by atoms with van der Waals surface area (Å²) < 4.78 is 4.95. The van der Waals surface area contributed by atoms with Gasteiger partial charge in [-0.25, -0.2) is 0 Å². The Hall–Kier alpha value is -1.06. The molecule has 0 bridgehead atoms. The molecule has 0 aliphatic heterocycles. The molecule has 0 aliphatic carbocycles. The summed E-state index contributed by atoms with van der Waals surface area (Å²) in [5, 5.41) is 9.39. The fourth-order valence-corrected chi connectivity index (χ4v) is 2.42. The van der Waals surface area contributed by atoms with E-state index in [-0.39, 0.29) is 13.0 Å². The van der Waals surface area contributed by atoms with Crippen molar-refractivity contribution in [3.8, 4) is 0 Å². The fourth-order valence-electron chi connectivity index (χ4n) is 2.42. The van der Waals surface area contributed by atoms with E-state index >= 15 is 0 Å². The summed E-state index contributed by atoms with van der Waals surface area (Å²) in [7, 11) is 0. The third-order valence-electron chi connectivity index (χ3n) is 3.89. The second kappa shape index (κ2) is 10.7. The Kier molecular flexibility index (Phi) is 10.1. The largest absolute Gasteiger partial charge is 0.480 e. The van der Waals surface area contributed by atoms with Crippen molar-refractivity contribution in [2.75, 3.05) is 6.61 Å². The van der Waals surface area contributed by atoms with Crippen LogP contribution in [0.1, 0.15) is 78.6 Å². The Labute approximate surface area is 122 Å². The van der Waals surface area contributed by atoms with Crippen LogP contribution in [0.2, 0.25) is 0 Å². The van der Waals surface area contributed by atoms with Crippen molar-refractivity contribution in [3.63, 3.8) is 0 Å². The Balaban J connectivity index is 4.24. The molecule has 0 saturated heterocycles. The molecule has 0 amide bonds. The highest BCUT2D eigenvalue weighted by Crippen LogP contribution is 2.31. The van der Waals surface area contributed by atoms with Gasteiger partial charge >= 0.3 is 11.9 Å². The summed E-state index contributed by atoms with van der Waals surface area (Å²) in [6.07, 6.45) is 8.46. The maximum Gasteiger partial charge on any atom is 0.323 e. The zero-order valence-electron chi connectivity index (χ0n) is 13.2. The molecule has 0 radical (unpaired) electrons. The maximum atomic E-state index is 11.9. The normalized spacial score (nSPS) is 13.8. The molecule has 1 unspecified atom stereocenters. The first-order chi connectivity index (χ1) is 9.55. The molecule has 4 nitrogen and oxygen atoms in total. The van der Waals surface area contributed by atoms with E-state index in [2.05, 4.69) is 6.92 Å². The first-order valence-electron chi connectivity index (χ1n) is 7.95. The van der Waals surface area contributed by atoms with Crippen molar-refractivity contribution < 1.29 is 19.4 Å². The fraction of sp³-hybridized carbons (Fsp3) is 0.875. The van der Waals surface area contributed by atoms with Gasteiger partial charge in [0.25, 0.3) is 0 Å². The van der Waals surface area contributed by atoms with Crippen molar-refractivity contribution in [2.45, 2.75) is 78.6 Å². The summed E-state index contributed by atoms with van der Waals surface area (Å²) in [5.41, 5.74) is -1.35. The molecule has 0 saturated carbocycles. The van der Waals surface area contributed by atoms with E-state index in [1.807, 2.05) is 0 Å². The average Bonchev–Trinajstić information content (AvgIpc) is 2.42. The minimum Gasteiger partial charge on any atom is -0.480 e. The number of carboxylic acids is 1. The first-order valence-corrected chi connectivity index (χ1v) is 7.95. The van der Waals surface area contributed by atoms with Crippen LogP contribution in [0.4, 0.5) is 0 Å². The number of carboxylic acid groups (broad SMARTS) is 1. The van der Waals surface area contributed by atoms with Crippen molar-refractivity contribution in [1.82, 2.24) is 0 Å². The Morgan fingerprint density at radius 2 is 1.50 bits per heavy atom. The van der Waals surface area contributed by atoms with Crippen molar-refractivity contribution in [3.05, 3.63) is 0 Å². The van der Waals surface area contributed by atoms with Gasteiger partial charge in [0.15, 0.2) is 5.41 Å². The van der Waals surface area contributed by atoms with Gasteiger partial charge in [-0.15, -0.1) is 0 Å². The molecule has 0 spiro atoms. The number of carbonyl (C=O) groups is 2. The molecule has 1 N–H and O–H groups in total. The van der Waals surface area contributed by atoms with E-state index in [1.54, 1.807) is 13.8 Å². The molecule has 0 heterocycles. The van der Waals surface area contributed by atoms with E-state index in [0.29, 0.717) is 6.42 Å². The van der Waals surface area contributed by atoms with Crippen molar-refractivity contribution in [1.29, 1.82) is 0 Å². The van der Waals surface area contributed by atoms with Crippen LogP contribution in [-0.2, 0) is 14.3 Å². The lowest BCUT2D eigenvalue weighted by Crippen LogP contribution is -2.40. The number of aliphatic carboxylic acids is 1. The van der Waals surface area contributed by atoms with Gasteiger partial charge < -0.3 is 9.84 Å². The van der Waals surface area contributed by atoms with Gasteiger partial charge in [0.2, 0.25) is 0 Å². The van der Waals surface area contributed by atoms with Crippen molar-refractivity contribution in [2.24, 2.45) is 5.41 Å². The van der Waals surface area contributed by atoms with Crippen LogP contribution < -0.4 is 0 Å². The van der Waals surface area contributed by atoms with E-state index in [1.165, 1.54) is 25.7 Å². The van der Waals surface area contributed by atoms with Crippen LogP contribution >= 0.6 is 0 Å². The topological polar surface area (TPSA) is 63.6 Å². The van der Waals surface area contributed by atoms with Crippen LogP contribution in [0.25, 0.3) is 0 Å². The van der Waals surface area contributed by atoms with Gasteiger partial charge in [0, 0.05) is 0 Å². The quantitative estimate of drug-likeness (QED) is 0.332. The molecular weight excluding hydrogens is 256 g/mol. The maximum absolute atomic E-state index is 11.9. The summed E-state index contributed by atoms with van der Waals surface area (Å²) in [6.45, 7) is 5.85. The minimum atomic E-state index is -1.35. The SMILES string of the molecule is CCCCCCCCCC(CC)(C(=O)O)C(=O)OCC. The standard InChI is InChI=1S/C16H30O4/c1-4-7-8-9-10-11-12-13-16(5-2,14(17)18)15(19)20-6-3/h4-13H2,1-3H3,(H,17,18). The molecule has 1 atom stereocenters. The van der Waals surface area contributed by atoms with Crippen LogP contribution in [0, 0.1) is 5.41 Å². The summed E-state index contributed by atoms with van der Waals surface area (Å²) in [6, 6.07) is 0.